The molecule has 13 heavy (non-hydrogen) atoms. The van der Waals surface area contributed by atoms with E-state index in [1.807, 2.05) is 18.2 Å². The Hall–Kier alpha value is -0.540. The van der Waals surface area contributed by atoms with Crippen LogP contribution in [0.25, 0.3) is 0 Å². The number of rotatable bonds is 4. The van der Waals surface area contributed by atoms with Crippen molar-refractivity contribution in [3.8, 4) is 5.75 Å². The quantitative estimate of drug-likeness (QED) is 0.883. The molecule has 0 aliphatic carbocycles. The first-order valence-corrected chi connectivity index (χ1v) is 5.18. The topological polar surface area (TPSA) is 35.2 Å². The molecule has 0 unspecified atom stereocenters. The standard InChI is InChI=1S/C10H14BrNO/c1-2-3-13-10-5-8(7-12)4-9(11)6-10/h4-6H,2-3,7,12H2,1H3. The van der Waals surface area contributed by atoms with Crippen LogP contribution in [0.1, 0.15) is 18.9 Å². The smallest absolute Gasteiger partial charge is 0.120 e. The molecule has 0 spiro atoms. The van der Waals surface area contributed by atoms with E-state index in [1.165, 1.54) is 0 Å². The van der Waals surface area contributed by atoms with Crippen LogP contribution in [0.2, 0.25) is 0 Å². The van der Waals surface area contributed by atoms with Gasteiger partial charge in [0.1, 0.15) is 5.75 Å². The average Bonchev–Trinajstić information content (AvgIpc) is 2.14. The molecule has 1 rings (SSSR count). The summed E-state index contributed by atoms with van der Waals surface area (Å²) in [4.78, 5) is 0. The van der Waals surface area contributed by atoms with Gasteiger partial charge in [-0.3, -0.25) is 0 Å². The minimum Gasteiger partial charge on any atom is -0.494 e. The molecule has 0 aliphatic heterocycles. The molecule has 0 aromatic heterocycles. The molecule has 2 N–H and O–H groups in total. The third kappa shape index (κ3) is 3.36. The average molecular weight is 244 g/mol. The Morgan fingerprint density at radius 1 is 1.38 bits per heavy atom. The van der Waals surface area contributed by atoms with Crippen LogP contribution in [0, 0.1) is 0 Å². The van der Waals surface area contributed by atoms with Crippen LogP contribution in [-0.4, -0.2) is 6.61 Å². The Morgan fingerprint density at radius 2 is 2.15 bits per heavy atom. The van der Waals surface area contributed by atoms with Gasteiger partial charge < -0.3 is 10.5 Å². The summed E-state index contributed by atoms with van der Waals surface area (Å²) in [5.41, 5.74) is 6.62. The van der Waals surface area contributed by atoms with E-state index in [2.05, 4.69) is 22.9 Å². The summed E-state index contributed by atoms with van der Waals surface area (Å²) in [6, 6.07) is 5.92. The summed E-state index contributed by atoms with van der Waals surface area (Å²) in [5.74, 6) is 0.886. The summed E-state index contributed by atoms with van der Waals surface area (Å²) < 4.78 is 6.51. The molecular formula is C10H14BrNO. The second-order valence-electron chi connectivity index (χ2n) is 2.85. The lowest BCUT2D eigenvalue weighted by Crippen LogP contribution is -1.99. The van der Waals surface area contributed by atoms with Gasteiger partial charge in [-0.05, 0) is 30.2 Å². The van der Waals surface area contributed by atoms with Gasteiger partial charge in [-0.1, -0.05) is 22.9 Å². The van der Waals surface area contributed by atoms with Crippen molar-refractivity contribution in [3.63, 3.8) is 0 Å². The van der Waals surface area contributed by atoms with Gasteiger partial charge in [0, 0.05) is 11.0 Å². The van der Waals surface area contributed by atoms with Crippen molar-refractivity contribution in [1.82, 2.24) is 0 Å². The number of hydrogen-bond donors (Lipinski definition) is 1. The van der Waals surface area contributed by atoms with Crippen molar-refractivity contribution in [2.45, 2.75) is 19.9 Å². The zero-order valence-corrected chi connectivity index (χ0v) is 9.30. The number of hydrogen-bond acceptors (Lipinski definition) is 2. The molecule has 3 heteroatoms. The van der Waals surface area contributed by atoms with E-state index in [0.717, 1.165) is 28.8 Å². The van der Waals surface area contributed by atoms with E-state index < -0.39 is 0 Å². The number of halogens is 1. The summed E-state index contributed by atoms with van der Waals surface area (Å²) in [5, 5.41) is 0. The molecule has 0 saturated carbocycles. The van der Waals surface area contributed by atoms with Crippen LogP contribution in [0.5, 0.6) is 5.75 Å². The van der Waals surface area contributed by atoms with Gasteiger partial charge in [-0.15, -0.1) is 0 Å². The monoisotopic (exact) mass is 243 g/mol. The van der Waals surface area contributed by atoms with Crippen LogP contribution in [0.4, 0.5) is 0 Å². The summed E-state index contributed by atoms with van der Waals surface area (Å²) in [7, 11) is 0. The lowest BCUT2D eigenvalue weighted by atomic mass is 10.2. The molecule has 0 radical (unpaired) electrons. The highest BCUT2D eigenvalue weighted by Crippen LogP contribution is 2.21. The third-order valence-electron chi connectivity index (χ3n) is 1.64. The van der Waals surface area contributed by atoms with E-state index in [0.29, 0.717) is 6.54 Å². The molecule has 0 heterocycles. The molecule has 0 fully saturated rings. The maximum absolute atomic E-state index is 5.54. The van der Waals surface area contributed by atoms with Gasteiger partial charge in [0.25, 0.3) is 0 Å². The zero-order chi connectivity index (χ0) is 9.68. The number of ether oxygens (including phenoxy) is 1. The predicted octanol–water partition coefficient (Wildman–Crippen LogP) is 2.70. The Morgan fingerprint density at radius 3 is 2.77 bits per heavy atom. The van der Waals surface area contributed by atoms with Crippen molar-refractivity contribution < 1.29 is 4.74 Å². The minimum atomic E-state index is 0.544. The second-order valence-corrected chi connectivity index (χ2v) is 3.76. The van der Waals surface area contributed by atoms with E-state index in [9.17, 15) is 0 Å². The van der Waals surface area contributed by atoms with Crippen molar-refractivity contribution in [2.75, 3.05) is 6.61 Å². The molecule has 0 amide bonds. The van der Waals surface area contributed by atoms with Crippen LogP contribution in [0.3, 0.4) is 0 Å². The number of nitrogens with two attached hydrogens (primary N) is 1. The normalized spacial score (nSPS) is 10.1. The lowest BCUT2D eigenvalue weighted by molar-refractivity contribution is 0.317. The minimum absolute atomic E-state index is 0.544. The maximum atomic E-state index is 5.54. The number of benzene rings is 1. The fraction of sp³-hybridized carbons (Fsp3) is 0.400. The van der Waals surface area contributed by atoms with E-state index >= 15 is 0 Å². The zero-order valence-electron chi connectivity index (χ0n) is 7.72. The highest BCUT2D eigenvalue weighted by atomic mass is 79.9. The SMILES string of the molecule is CCCOc1cc(Br)cc(CN)c1. The van der Waals surface area contributed by atoms with Gasteiger partial charge >= 0.3 is 0 Å². The molecule has 0 aliphatic rings. The van der Waals surface area contributed by atoms with Gasteiger partial charge in [0.15, 0.2) is 0 Å². The van der Waals surface area contributed by atoms with E-state index in [-0.39, 0.29) is 0 Å². The van der Waals surface area contributed by atoms with E-state index in [4.69, 9.17) is 10.5 Å². The Labute approximate surface area is 87.2 Å². The molecule has 2 nitrogen and oxygen atoms in total. The van der Waals surface area contributed by atoms with Crippen molar-refractivity contribution in [2.24, 2.45) is 5.73 Å². The first-order valence-electron chi connectivity index (χ1n) is 4.38. The van der Waals surface area contributed by atoms with Gasteiger partial charge in [-0.2, -0.15) is 0 Å². The Bertz CT molecular complexity index is 276. The van der Waals surface area contributed by atoms with Crippen molar-refractivity contribution in [3.05, 3.63) is 28.2 Å². The maximum Gasteiger partial charge on any atom is 0.120 e. The largest absolute Gasteiger partial charge is 0.494 e. The molecule has 1 aromatic carbocycles. The first-order chi connectivity index (χ1) is 6.26. The van der Waals surface area contributed by atoms with E-state index in [1.54, 1.807) is 0 Å². The van der Waals surface area contributed by atoms with Crippen LogP contribution >= 0.6 is 15.9 Å². The van der Waals surface area contributed by atoms with Crippen molar-refractivity contribution in [1.29, 1.82) is 0 Å². The summed E-state index contributed by atoms with van der Waals surface area (Å²) in [6.07, 6.45) is 1.02. The van der Waals surface area contributed by atoms with Crippen LogP contribution < -0.4 is 10.5 Å². The highest BCUT2D eigenvalue weighted by Gasteiger charge is 1.98. The van der Waals surface area contributed by atoms with Crippen LogP contribution in [0.15, 0.2) is 22.7 Å². The molecule has 72 valence electrons. The molecular weight excluding hydrogens is 230 g/mol. The molecule has 0 atom stereocenters. The Kier molecular flexibility index (Phi) is 4.25. The van der Waals surface area contributed by atoms with Gasteiger partial charge in [0.05, 0.1) is 6.61 Å². The predicted molar refractivity (Wildman–Crippen MR) is 57.8 cm³/mol. The highest BCUT2D eigenvalue weighted by molar-refractivity contribution is 9.10. The molecule has 0 saturated heterocycles. The lowest BCUT2D eigenvalue weighted by Gasteiger charge is -2.06. The van der Waals surface area contributed by atoms with Crippen molar-refractivity contribution >= 4 is 15.9 Å². The van der Waals surface area contributed by atoms with Gasteiger partial charge in [0.2, 0.25) is 0 Å². The molecule has 1 aromatic rings. The van der Waals surface area contributed by atoms with Crippen LogP contribution in [-0.2, 0) is 6.54 Å². The third-order valence-corrected chi connectivity index (χ3v) is 2.10. The second kappa shape index (κ2) is 5.25. The summed E-state index contributed by atoms with van der Waals surface area (Å²) >= 11 is 3.41. The Balaban J connectivity index is 2.76. The first kappa shape index (κ1) is 10.5. The molecule has 0 bridgehead atoms. The summed E-state index contributed by atoms with van der Waals surface area (Å²) in [6.45, 7) is 3.38. The fourth-order valence-electron chi connectivity index (χ4n) is 1.04. The van der Waals surface area contributed by atoms with Gasteiger partial charge in [-0.25, -0.2) is 0 Å². The fourth-order valence-corrected chi connectivity index (χ4v) is 1.56.